The summed E-state index contributed by atoms with van der Waals surface area (Å²) in [5.74, 6) is -0.841. The first-order chi connectivity index (χ1) is 10.1. The predicted octanol–water partition coefficient (Wildman–Crippen LogP) is 3.44. The van der Waals surface area contributed by atoms with Crippen molar-refractivity contribution in [3.8, 4) is 0 Å². The number of ether oxygens (including phenoxy) is 1. The summed E-state index contributed by atoms with van der Waals surface area (Å²) >= 11 is 0. The van der Waals surface area contributed by atoms with Crippen molar-refractivity contribution >= 4 is 12.1 Å². The lowest BCUT2D eigenvalue weighted by Crippen LogP contribution is -2.39. The lowest BCUT2D eigenvalue weighted by atomic mass is 9.75. The third-order valence-electron chi connectivity index (χ3n) is 3.42. The Bertz CT molecular complexity index is 509. The van der Waals surface area contributed by atoms with Crippen LogP contribution < -0.4 is 5.32 Å². The number of carboxylic acid groups (broad SMARTS) is 1. The second-order valence-electron chi connectivity index (χ2n) is 6.95. The summed E-state index contributed by atoms with van der Waals surface area (Å²) in [6, 6.07) is 9.43. The fourth-order valence-electron chi connectivity index (χ4n) is 2.42. The Morgan fingerprint density at radius 1 is 1.14 bits per heavy atom. The molecule has 0 unspecified atom stereocenters. The molecule has 0 saturated carbocycles. The molecule has 5 heteroatoms. The number of hydrogen-bond donors (Lipinski definition) is 2. The second-order valence-corrected chi connectivity index (χ2v) is 6.95. The highest BCUT2D eigenvalue weighted by Gasteiger charge is 2.34. The molecule has 0 fully saturated rings. The second kappa shape index (κ2) is 7.29. The van der Waals surface area contributed by atoms with Gasteiger partial charge in [0.1, 0.15) is 6.61 Å². The Kier molecular flexibility index (Phi) is 5.97. The zero-order valence-corrected chi connectivity index (χ0v) is 13.7. The number of carbonyl (C=O) groups excluding carboxylic acids is 1. The Morgan fingerprint density at radius 3 is 2.27 bits per heavy atom. The van der Waals surface area contributed by atoms with Crippen molar-refractivity contribution < 1.29 is 19.4 Å². The van der Waals surface area contributed by atoms with Crippen LogP contribution in [-0.4, -0.2) is 23.7 Å². The molecule has 5 nitrogen and oxygen atoms in total. The quantitative estimate of drug-likeness (QED) is 0.809. The lowest BCUT2D eigenvalue weighted by molar-refractivity contribution is -0.148. The molecule has 1 aromatic rings. The standard InChI is InChI=1S/C17H25NO4/c1-16(2,11-17(3,4)14(19)20)12-18-15(21)22-10-13-8-6-5-7-9-13/h5-9H,10-12H2,1-4H3,(H,18,21)(H,19,20). The number of carboxylic acids is 1. The van der Waals surface area contributed by atoms with Crippen LogP contribution >= 0.6 is 0 Å². The monoisotopic (exact) mass is 307 g/mol. The lowest BCUT2D eigenvalue weighted by Gasteiger charge is -2.32. The highest BCUT2D eigenvalue weighted by molar-refractivity contribution is 5.73. The van der Waals surface area contributed by atoms with E-state index in [2.05, 4.69) is 5.32 Å². The van der Waals surface area contributed by atoms with Gasteiger partial charge in [0.15, 0.2) is 0 Å². The van der Waals surface area contributed by atoms with Gasteiger partial charge in [0, 0.05) is 6.54 Å². The number of nitrogens with one attached hydrogen (secondary N) is 1. The average molecular weight is 307 g/mol. The minimum absolute atomic E-state index is 0.216. The Labute approximate surface area is 131 Å². The first-order valence-corrected chi connectivity index (χ1v) is 7.30. The molecule has 1 rings (SSSR count). The first-order valence-electron chi connectivity index (χ1n) is 7.30. The molecular weight excluding hydrogens is 282 g/mol. The van der Waals surface area contributed by atoms with E-state index in [1.807, 2.05) is 44.2 Å². The maximum absolute atomic E-state index is 11.7. The van der Waals surface area contributed by atoms with E-state index in [0.29, 0.717) is 13.0 Å². The molecule has 0 aliphatic rings. The summed E-state index contributed by atoms with van der Waals surface area (Å²) in [6.07, 6.45) is -0.0426. The SMILES string of the molecule is CC(C)(CNC(=O)OCc1ccccc1)CC(C)(C)C(=O)O. The fraction of sp³-hybridized carbons (Fsp3) is 0.529. The largest absolute Gasteiger partial charge is 0.481 e. The van der Waals surface area contributed by atoms with E-state index in [9.17, 15) is 14.7 Å². The van der Waals surface area contributed by atoms with Crippen LogP contribution in [0.25, 0.3) is 0 Å². The molecular formula is C17H25NO4. The van der Waals surface area contributed by atoms with Crippen LogP contribution in [-0.2, 0) is 16.1 Å². The average Bonchev–Trinajstić information content (AvgIpc) is 2.43. The zero-order chi connectivity index (χ0) is 16.8. The van der Waals surface area contributed by atoms with E-state index >= 15 is 0 Å². The summed E-state index contributed by atoms with van der Waals surface area (Å²) in [4.78, 5) is 22.9. The van der Waals surface area contributed by atoms with E-state index in [4.69, 9.17) is 4.74 Å². The van der Waals surface area contributed by atoms with Gasteiger partial charge in [-0.25, -0.2) is 4.79 Å². The molecule has 22 heavy (non-hydrogen) atoms. The number of alkyl carbamates (subject to hydrolysis) is 1. The molecule has 0 atom stereocenters. The fourth-order valence-corrected chi connectivity index (χ4v) is 2.42. The van der Waals surface area contributed by atoms with Crippen LogP contribution in [0.3, 0.4) is 0 Å². The molecule has 0 heterocycles. The number of aliphatic carboxylic acids is 1. The van der Waals surface area contributed by atoms with E-state index in [1.54, 1.807) is 13.8 Å². The molecule has 2 N–H and O–H groups in total. The number of amides is 1. The maximum Gasteiger partial charge on any atom is 0.407 e. The predicted molar refractivity (Wildman–Crippen MR) is 84.4 cm³/mol. The van der Waals surface area contributed by atoms with Gasteiger partial charge < -0.3 is 15.2 Å². The topological polar surface area (TPSA) is 75.6 Å². The van der Waals surface area contributed by atoms with Crippen molar-refractivity contribution in [2.24, 2.45) is 10.8 Å². The normalized spacial score (nSPS) is 11.8. The van der Waals surface area contributed by atoms with E-state index in [1.165, 1.54) is 0 Å². The van der Waals surface area contributed by atoms with Gasteiger partial charge in [-0.2, -0.15) is 0 Å². The van der Waals surface area contributed by atoms with Crippen molar-refractivity contribution in [3.05, 3.63) is 35.9 Å². The first kappa shape index (κ1) is 18.0. The number of hydrogen-bond acceptors (Lipinski definition) is 3. The van der Waals surface area contributed by atoms with Crippen molar-refractivity contribution in [3.63, 3.8) is 0 Å². The van der Waals surface area contributed by atoms with E-state index in [-0.39, 0.29) is 12.0 Å². The minimum Gasteiger partial charge on any atom is -0.481 e. The van der Waals surface area contributed by atoms with Gasteiger partial charge in [-0.1, -0.05) is 44.2 Å². The molecule has 1 aromatic carbocycles. The van der Waals surface area contributed by atoms with Crippen molar-refractivity contribution in [2.45, 2.75) is 40.7 Å². The molecule has 0 aliphatic heterocycles. The summed E-state index contributed by atoms with van der Waals surface area (Å²) < 4.78 is 5.13. The van der Waals surface area contributed by atoms with Gasteiger partial charge in [-0.05, 0) is 31.2 Å². The van der Waals surface area contributed by atoms with Gasteiger partial charge in [-0.3, -0.25) is 4.79 Å². The molecule has 0 radical (unpaired) electrons. The highest BCUT2D eigenvalue weighted by atomic mass is 16.5. The van der Waals surface area contributed by atoms with Crippen LogP contribution in [0.1, 0.15) is 39.7 Å². The smallest absolute Gasteiger partial charge is 0.407 e. The Hall–Kier alpha value is -2.04. The van der Waals surface area contributed by atoms with E-state index in [0.717, 1.165) is 5.56 Å². The Balaban J connectivity index is 2.40. The minimum atomic E-state index is -0.841. The van der Waals surface area contributed by atoms with Gasteiger partial charge in [0.05, 0.1) is 5.41 Å². The zero-order valence-electron chi connectivity index (χ0n) is 13.7. The van der Waals surface area contributed by atoms with Crippen LogP contribution in [0.5, 0.6) is 0 Å². The van der Waals surface area contributed by atoms with Crippen LogP contribution in [0, 0.1) is 10.8 Å². The molecule has 0 bridgehead atoms. The van der Waals surface area contributed by atoms with Crippen LogP contribution in [0.15, 0.2) is 30.3 Å². The number of carbonyl (C=O) groups is 2. The summed E-state index contributed by atoms with van der Waals surface area (Å²) in [5, 5.41) is 11.9. The van der Waals surface area contributed by atoms with Crippen molar-refractivity contribution in [1.82, 2.24) is 5.32 Å². The molecule has 1 amide bonds. The third-order valence-corrected chi connectivity index (χ3v) is 3.42. The molecule has 0 aliphatic carbocycles. The maximum atomic E-state index is 11.7. The Morgan fingerprint density at radius 2 is 1.73 bits per heavy atom. The summed E-state index contributed by atoms with van der Waals surface area (Å²) in [5.41, 5.74) is -0.254. The molecule has 122 valence electrons. The van der Waals surface area contributed by atoms with Gasteiger partial charge >= 0.3 is 12.1 Å². The third kappa shape index (κ3) is 6.16. The summed E-state index contributed by atoms with van der Waals surface area (Å²) in [6.45, 7) is 7.80. The highest BCUT2D eigenvalue weighted by Crippen LogP contribution is 2.33. The molecule has 0 saturated heterocycles. The van der Waals surface area contributed by atoms with Crippen molar-refractivity contribution in [1.29, 1.82) is 0 Å². The van der Waals surface area contributed by atoms with Crippen LogP contribution in [0.2, 0.25) is 0 Å². The van der Waals surface area contributed by atoms with Crippen molar-refractivity contribution in [2.75, 3.05) is 6.54 Å². The number of benzene rings is 1. The van der Waals surface area contributed by atoms with Crippen LogP contribution in [0.4, 0.5) is 4.79 Å². The van der Waals surface area contributed by atoms with Gasteiger partial charge in [0.25, 0.3) is 0 Å². The molecule has 0 spiro atoms. The summed E-state index contributed by atoms with van der Waals surface area (Å²) in [7, 11) is 0. The molecule has 0 aromatic heterocycles. The van der Waals surface area contributed by atoms with E-state index < -0.39 is 17.5 Å². The number of rotatable bonds is 7. The van der Waals surface area contributed by atoms with Gasteiger partial charge in [-0.15, -0.1) is 0 Å². The van der Waals surface area contributed by atoms with Gasteiger partial charge in [0.2, 0.25) is 0 Å².